The number of nitrogens with zero attached hydrogens (tertiary/aromatic N) is 1. The van der Waals surface area contributed by atoms with Gasteiger partial charge in [0.15, 0.2) is 0 Å². The van der Waals surface area contributed by atoms with Gasteiger partial charge >= 0.3 is 0 Å². The molecule has 0 spiro atoms. The Morgan fingerprint density at radius 1 is 1.26 bits per heavy atom. The van der Waals surface area contributed by atoms with Crippen molar-refractivity contribution in [3.05, 3.63) is 30.1 Å². The van der Waals surface area contributed by atoms with Gasteiger partial charge in [-0.05, 0) is 43.9 Å². The third-order valence-corrected chi connectivity index (χ3v) is 4.10. The van der Waals surface area contributed by atoms with Crippen LogP contribution in [0, 0.1) is 11.7 Å². The molecule has 1 aliphatic heterocycles. The standard InChI is InChI=1S/C16H20FN3O2.ClH/c17-12-3-1-2-4-14(12)20-8-7-13(16(20)22)19-15(21)10-18-9-11-5-6-11;/h1-4,11,13,18H,5-10H2,(H,19,21);1H. The van der Waals surface area contributed by atoms with Crippen LogP contribution >= 0.6 is 12.4 Å². The molecule has 1 atom stereocenters. The predicted molar refractivity (Wildman–Crippen MR) is 88.1 cm³/mol. The number of rotatable bonds is 6. The summed E-state index contributed by atoms with van der Waals surface area (Å²) in [5.74, 6) is -0.151. The van der Waals surface area contributed by atoms with E-state index < -0.39 is 11.9 Å². The number of anilines is 1. The van der Waals surface area contributed by atoms with E-state index in [2.05, 4.69) is 10.6 Å². The lowest BCUT2D eigenvalue weighted by atomic mass is 10.2. The fourth-order valence-corrected chi connectivity index (χ4v) is 2.68. The van der Waals surface area contributed by atoms with Gasteiger partial charge in [0, 0.05) is 6.54 Å². The van der Waals surface area contributed by atoms with Gasteiger partial charge in [-0.2, -0.15) is 0 Å². The smallest absolute Gasteiger partial charge is 0.249 e. The van der Waals surface area contributed by atoms with Crippen molar-refractivity contribution in [3.63, 3.8) is 0 Å². The van der Waals surface area contributed by atoms with E-state index in [0.717, 1.165) is 6.54 Å². The Morgan fingerprint density at radius 3 is 2.70 bits per heavy atom. The van der Waals surface area contributed by atoms with Crippen LogP contribution in [0.5, 0.6) is 0 Å². The Kier molecular flexibility index (Phi) is 5.96. The largest absolute Gasteiger partial charge is 0.343 e. The van der Waals surface area contributed by atoms with Gasteiger partial charge in [0.1, 0.15) is 11.9 Å². The zero-order valence-corrected chi connectivity index (χ0v) is 13.6. The lowest BCUT2D eigenvalue weighted by Crippen LogP contribution is -2.45. The molecule has 23 heavy (non-hydrogen) atoms. The number of carbonyl (C=O) groups is 2. The molecule has 2 amide bonds. The molecule has 7 heteroatoms. The van der Waals surface area contributed by atoms with Crippen molar-refractivity contribution in [1.29, 1.82) is 0 Å². The predicted octanol–water partition coefficient (Wildman–Crippen LogP) is 1.47. The third kappa shape index (κ3) is 4.42. The van der Waals surface area contributed by atoms with Crippen LogP contribution in [-0.4, -0.2) is 37.5 Å². The zero-order valence-electron chi connectivity index (χ0n) is 12.8. The highest BCUT2D eigenvalue weighted by molar-refractivity contribution is 6.01. The molecule has 1 aromatic rings. The van der Waals surface area contributed by atoms with Gasteiger partial charge in [0.25, 0.3) is 0 Å². The van der Waals surface area contributed by atoms with Crippen molar-refractivity contribution < 1.29 is 14.0 Å². The topological polar surface area (TPSA) is 61.4 Å². The van der Waals surface area contributed by atoms with Gasteiger partial charge in [0.05, 0.1) is 12.2 Å². The first kappa shape index (κ1) is 17.7. The molecule has 0 aromatic heterocycles. The number of nitrogens with one attached hydrogen (secondary N) is 2. The summed E-state index contributed by atoms with van der Waals surface area (Å²) < 4.78 is 13.8. The number of para-hydroxylation sites is 1. The van der Waals surface area contributed by atoms with E-state index in [0.29, 0.717) is 18.9 Å². The third-order valence-electron chi connectivity index (χ3n) is 4.10. The van der Waals surface area contributed by atoms with Crippen LogP contribution < -0.4 is 15.5 Å². The van der Waals surface area contributed by atoms with E-state index in [1.165, 1.54) is 23.8 Å². The van der Waals surface area contributed by atoms with Gasteiger partial charge in [-0.1, -0.05) is 12.1 Å². The van der Waals surface area contributed by atoms with Crippen LogP contribution in [-0.2, 0) is 9.59 Å². The first-order valence-corrected chi connectivity index (χ1v) is 7.71. The number of amides is 2. The van der Waals surface area contributed by atoms with Gasteiger partial charge in [0.2, 0.25) is 11.8 Å². The van der Waals surface area contributed by atoms with Crippen molar-refractivity contribution in [2.45, 2.75) is 25.3 Å². The number of carbonyl (C=O) groups excluding carboxylic acids is 2. The molecule has 126 valence electrons. The maximum absolute atomic E-state index is 13.8. The second-order valence-electron chi connectivity index (χ2n) is 5.92. The van der Waals surface area contributed by atoms with Crippen LogP contribution in [0.25, 0.3) is 0 Å². The van der Waals surface area contributed by atoms with Gasteiger partial charge in [-0.15, -0.1) is 12.4 Å². The summed E-state index contributed by atoms with van der Waals surface area (Å²) in [5.41, 5.74) is 0.274. The van der Waals surface area contributed by atoms with E-state index in [1.807, 2.05) is 0 Å². The number of hydrogen-bond donors (Lipinski definition) is 2. The second kappa shape index (κ2) is 7.75. The lowest BCUT2D eigenvalue weighted by molar-refractivity contribution is -0.125. The molecule has 0 radical (unpaired) electrons. The molecule has 1 saturated heterocycles. The summed E-state index contributed by atoms with van der Waals surface area (Å²) in [7, 11) is 0. The Morgan fingerprint density at radius 2 is 2.00 bits per heavy atom. The van der Waals surface area contributed by atoms with Crippen molar-refractivity contribution in [2.24, 2.45) is 5.92 Å². The fourth-order valence-electron chi connectivity index (χ4n) is 2.68. The molecule has 1 aliphatic carbocycles. The van der Waals surface area contributed by atoms with Crippen molar-refractivity contribution in [3.8, 4) is 0 Å². The highest BCUT2D eigenvalue weighted by Crippen LogP contribution is 2.27. The average Bonchev–Trinajstić information content (AvgIpc) is 3.25. The van der Waals surface area contributed by atoms with Crippen molar-refractivity contribution >= 4 is 29.9 Å². The highest BCUT2D eigenvalue weighted by Gasteiger charge is 2.34. The number of benzene rings is 1. The molecule has 2 N–H and O–H groups in total. The van der Waals surface area contributed by atoms with Crippen LogP contribution in [0.15, 0.2) is 24.3 Å². The van der Waals surface area contributed by atoms with Crippen LogP contribution in [0.1, 0.15) is 19.3 Å². The summed E-state index contributed by atoms with van der Waals surface area (Å²) in [6.45, 7) is 1.49. The summed E-state index contributed by atoms with van der Waals surface area (Å²) >= 11 is 0. The molecule has 2 aliphatic rings. The molecule has 1 heterocycles. The van der Waals surface area contributed by atoms with E-state index in [9.17, 15) is 14.0 Å². The molecule has 2 fully saturated rings. The SMILES string of the molecule is Cl.O=C(CNCC1CC1)NC1CCN(c2ccccc2F)C1=O. The molecule has 3 rings (SSSR count). The van der Waals surface area contributed by atoms with Crippen LogP contribution in [0.3, 0.4) is 0 Å². The molecule has 1 aromatic carbocycles. The minimum absolute atomic E-state index is 0. The Bertz CT molecular complexity index is 580. The monoisotopic (exact) mass is 341 g/mol. The second-order valence-corrected chi connectivity index (χ2v) is 5.92. The van der Waals surface area contributed by atoms with Gasteiger partial charge in [-0.3, -0.25) is 9.59 Å². The van der Waals surface area contributed by atoms with Crippen molar-refractivity contribution in [2.75, 3.05) is 24.5 Å². The highest BCUT2D eigenvalue weighted by atomic mass is 35.5. The lowest BCUT2D eigenvalue weighted by Gasteiger charge is -2.18. The maximum atomic E-state index is 13.8. The van der Waals surface area contributed by atoms with Gasteiger partial charge < -0.3 is 15.5 Å². The van der Waals surface area contributed by atoms with E-state index in [4.69, 9.17) is 0 Å². The molecule has 0 bridgehead atoms. The Hall–Kier alpha value is -1.66. The van der Waals surface area contributed by atoms with E-state index in [-0.39, 0.29) is 36.5 Å². The van der Waals surface area contributed by atoms with Crippen LogP contribution in [0.4, 0.5) is 10.1 Å². The Labute approximate surface area is 141 Å². The molecule has 5 nitrogen and oxygen atoms in total. The fraction of sp³-hybridized carbons (Fsp3) is 0.500. The summed E-state index contributed by atoms with van der Waals surface area (Å²) in [5, 5.41) is 5.82. The van der Waals surface area contributed by atoms with E-state index in [1.54, 1.807) is 18.2 Å². The van der Waals surface area contributed by atoms with Crippen molar-refractivity contribution in [1.82, 2.24) is 10.6 Å². The summed E-state index contributed by atoms with van der Waals surface area (Å²) in [6, 6.07) is 5.63. The molecular formula is C16H21ClFN3O2. The van der Waals surface area contributed by atoms with Gasteiger partial charge in [-0.25, -0.2) is 4.39 Å². The first-order chi connectivity index (χ1) is 10.6. The zero-order chi connectivity index (χ0) is 15.5. The average molecular weight is 342 g/mol. The number of hydrogen-bond acceptors (Lipinski definition) is 3. The quantitative estimate of drug-likeness (QED) is 0.823. The molecular weight excluding hydrogens is 321 g/mol. The van der Waals surface area contributed by atoms with Crippen LogP contribution in [0.2, 0.25) is 0 Å². The summed E-state index contributed by atoms with van der Waals surface area (Å²) in [6.07, 6.45) is 2.96. The number of halogens is 2. The summed E-state index contributed by atoms with van der Waals surface area (Å²) in [4.78, 5) is 25.5. The molecule has 1 unspecified atom stereocenters. The van der Waals surface area contributed by atoms with E-state index >= 15 is 0 Å². The normalized spacial score (nSPS) is 20.3. The molecule has 1 saturated carbocycles. The first-order valence-electron chi connectivity index (χ1n) is 7.71. The Balaban J connectivity index is 0.00000192. The maximum Gasteiger partial charge on any atom is 0.249 e. The minimum Gasteiger partial charge on any atom is -0.343 e. The minimum atomic E-state index is -0.560.